The van der Waals surface area contributed by atoms with Gasteiger partial charge in [0.05, 0.1) is 5.72 Å². The van der Waals surface area contributed by atoms with E-state index in [-0.39, 0.29) is 0 Å². The van der Waals surface area contributed by atoms with Crippen LogP contribution in [-0.4, -0.2) is 24.9 Å². The Morgan fingerprint density at radius 2 is 1.21 bits per heavy atom. The van der Waals surface area contributed by atoms with Crippen molar-refractivity contribution in [3.63, 3.8) is 0 Å². The van der Waals surface area contributed by atoms with Crippen LogP contribution in [0, 0.1) is 0 Å². The second-order valence-electron chi connectivity index (χ2n) is 11.2. The molecule has 0 unspecified atom stereocenters. The zero-order valence-electron chi connectivity index (χ0n) is 24.8. The molecule has 1 heterocycles. The first-order valence-corrected chi connectivity index (χ1v) is 17.5. The molecule has 0 atom stereocenters. The SMILES string of the molecule is CCCc1ccc([Si](Cn2ccnc2BC(=Cc2ccccc2)c2ccccc2)(c2ccccc2)c2ccccc2)cc1. The number of hydrogen-bond donors (Lipinski definition) is 0. The van der Waals surface area contributed by atoms with Crippen molar-refractivity contribution in [2.75, 3.05) is 0 Å². The summed E-state index contributed by atoms with van der Waals surface area (Å²) in [6, 6.07) is 53.2. The van der Waals surface area contributed by atoms with E-state index in [9.17, 15) is 0 Å². The van der Waals surface area contributed by atoms with Crippen molar-refractivity contribution in [2.45, 2.75) is 25.9 Å². The van der Waals surface area contributed by atoms with Gasteiger partial charge >= 0.3 is 0 Å². The lowest BCUT2D eigenvalue weighted by Crippen LogP contribution is -2.70. The van der Waals surface area contributed by atoms with Crippen LogP contribution in [0.3, 0.4) is 0 Å². The van der Waals surface area contributed by atoms with Gasteiger partial charge in [-0.3, -0.25) is 4.98 Å². The average molecular weight is 573 g/mol. The Kier molecular flexibility index (Phi) is 8.96. The maximum atomic E-state index is 4.97. The largest absolute Gasteiger partial charge is 0.345 e. The summed E-state index contributed by atoms with van der Waals surface area (Å²) in [5.41, 5.74) is 6.16. The van der Waals surface area contributed by atoms with Crippen LogP contribution in [0.1, 0.15) is 30.0 Å². The smallest absolute Gasteiger partial charge is 0.239 e. The molecule has 0 N–H and O–H groups in total. The number of aromatic nitrogens is 2. The van der Waals surface area contributed by atoms with Gasteiger partial charge in [-0.25, -0.2) is 0 Å². The quantitative estimate of drug-likeness (QED) is 0.109. The summed E-state index contributed by atoms with van der Waals surface area (Å²) >= 11 is 0. The molecule has 0 fully saturated rings. The van der Waals surface area contributed by atoms with Crippen LogP contribution in [0.15, 0.2) is 158 Å². The number of hydrogen-bond acceptors (Lipinski definition) is 1. The summed E-state index contributed by atoms with van der Waals surface area (Å²) in [6.07, 6.45) is 9.58. The van der Waals surface area contributed by atoms with Gasteiger partial charge in [0, 0.05) is 18.6 Å². The molecule has 0 aliphatic heterocycles. The first-order valence-electron chi connectivity index (χ1n) is 15.3. The van der Waals surface area contributed by atoms with Crippen LogP contribution in [-0.2, 0) is 12.6 Å². The third-order valence-corrected chi connectivity index (χ3v) is 13.1. The van der Waals surface area contributed by atoms with Crippen molar-refractivity contribution in [2.24, 2.45) is 0 Å². The zero-order chi connectivity index (χ0) is 29.3. The molecule has 2 nitrogen and oxygen atoms in total. The van der Waals surface area contributed by atoms with Crippen LogP contribution < -0.4 is 21.3 Å². The molecule has 0 saturated heterocycles. The van der Waals surface area contributed by atoms with E-state index < -0.39 is 8.07 Å². The number of imidazole rings is 1. The highest BCUT2D eigenvalue weighted by Crippen LogP contribution is 2.18. The Hall–Kier alpha value is -4.67. The van der Waals surface area contributed by atoms with E-state index in [0.717, 1.165) is 32.0 Å². The first kappa shape index (κ1) is 28.5. The van der Waals surface area contributed by atoms with Crippen molar-refractivity contribution in [1.82, 2.24) is 9.55 Å². The molecule has 6 rings (SSSR count). The van der Waals surface area contributed by atoms with Crippen molar-refractivity contribution in [3.8, 4) is 0 Å². The number of benzene rings is 5. The monoisotopic (exact) mass is 572 g/mol. The van der Waals surface area contributed by atoms with Gasteiger partial charge in [-0.1, -0.05) is 170 Å². The second-order valence-corrected chi connectivity index (χ2v) is 15.0. The molecule has 210 valence electrons. The molecule has 6 aromatic rings. The molecule has 1 aromatic heterocycles. The number of nitrogens with zero attached hydrogens (tertiary/aromatic N) is 2. The van der Waals surface area contributed by atoms with Crippen molar-refractivity contribution < 1.29 is 0 Å². The van der Waals surface area contributed by atoms with Crippen molar-refractivity contribution in [3.05, 3.63) is 175 Å². The molecular formula is C39H37BN2Si. The van der Waals surface area contributed by atoms with Crippen molar-refractivity contribution >= 4 is 48.2 Å². The summed E-state index contributed by atoms with van der Waals surface area (Å²) in [4.78, 5) is 4.97. The summed E-state index contributed by atoms with van der Waals surface area (Å²) in [5, 5.41) is 4.24. The highest BCUT2D eigenvalue weighted by Gasteiger charge is 2.40. The minimum Gasteiger partial charge on any atom is -0.345 e. The van der Waals surface area contributed by atoms with E-state index in [4.69, 9.17) is 4.98 Å². The van der Waals surface area contributed by atoms with Gasteiger partial charge in [0.2, 0.25) is 7.28 Å². The highest BCUT2D eigenvalue weighted by atomic mass is 28.3. The topological polar surface area (TPSA) is 17.8 Å². The lowest BCUT2D eigenvalue weighted by atomic mass is 9.65. The van der Waals surface area contributed by atoms with E-state index in [0.29, 0.717) is 0 Å². The lowest BCUT2D eigenvalue weighted by molar-refractivity contribution is 0.893. The van der Waals surface area contributed by atoms with Gasteiger partial charge < -0.3 is 4.57 Å². The highest BCUT2D eigenvalue weighted by molar-refractivity contribution is 7.10. The standard InChI is InChI=1S/C39H37BN2Si/c1-2-15-32-24-26-37(27-25-32)43(35-20-11-5-12-21-35,36-22-13-6-14-23-36)31-42-29-28-41-39(42)40-38(34-18-9-4-10-19-34)30-33-16-7-3-8-17-33/h3-14,16-30,40H,2,15,31H2,1H3. The minimum atomic E-state index is -2.51. The molecule has 4 heteroatoms. The molecule has 5 aromatic carbocycles. The molecule has 0 amide bonds. The maximum absolute atomic E-state index is 4.97. The fourth-order valence-corrected chi connectivity index (χ4v) is 10.8. The predicted octanol–water partition coefficient (Wildman–Crippen LogP) is 5.81. The summed E-state index contributed by atoms with van der Waals surface area (Å²) in [5.74, 6) is 0. The molecular weight excluding hydrogens is 535 g/mol. The predicted molar refractivity (Wildman–Crippen MR) is 188 cm³/mol. The van der Waals surface area contributed by atoms with E-state index in [2.05, 4.69) is 169 Å². The van der Waals surface area contributed by atoms with Gasteiger partial charge in [0.25, 0.3) is 0 Å². The van der Waals surface area contributed by atoms with Crippen LogP contribution in [0.2, 0.25) is 0 Å². The Balaban J connectivity index is 1.47. The van der Waals surface area contributed by atoms with Crippen LogP contribution >= 0.6 is 0 Å². The van der Waals surface area contributed by atoms with E-state index in [1.807, 2.05) is 6.20 Å². The fraction of sp³-hybridized carbons (Fsp3) is 0.103. The first-order chi connectivity index (χ1) is 21.3. The molecule has 0 bridgehead atoms. The third-order valence-electron chi connectivity index (χ3n) is 8.36. The normalized spacial score (nSPS) is 11.8. The average Bonchev–Trinajstić information content (AvgIpc) is 3.51. The number of rotatable bonds is 11. The molecule has 43 heavy (non-hydrogen) atoms. The Labute approximate surface area is 257 Å². The molecule has 0 spiro atoms. The summed E-state index contributed by atoms with van der Waals surface area (Å²) in [7, 11) is -1.76. The number of aryl methyl sites for hydroxylation is 1. The van der Waals surface area contributed by atoms with E-state index in [1.165, 1.54) is 37.7 Å². The minimum absolute atomic E-state index is 0.745. The van der Waals surface area contributed by atoms with Crippen LogP contribution in [0.4, 0.5) is 0 Å². The van der Waals surface area contributed by atoms with Gasteiger partial charge in [-0.05, 0) is 38.7 Å². The Bertz CT molecular complexity index is 1710. The molecule has 0 radical (unpaired) electrons. The van der Waals surface area contributed by atoms with Crippen molar-refractivity contribution in [1.29, 1.82) is 0 Å². The molecule has 0 aliphatic carbocycles. The summed E-state index contributed by atoms with van der Waals surface area (Å²) in [6.45, 7) is 2.25. The second kappa shape index (κ2) is 13.5. The summed E-state index contributed by atoms with van der Waals surface area (Å²) < 4.78 is 2.42. The van der Waals surface area contributed by atoms with Gasteiger partial charge in [-0.2, -0.15) is 0 Å². The fourth-order valence-electron chi connectivity index (χ4n) is 6.18. The Morgan fingerprint density at radius 3 is 1.79 bits per heavy atom. The molecule has 0 aliphatic rings. The lowest BCUT2D eigenvalue weighted by Gasteiger charge is -2.35. The van der Waals surface area contributed by atoms with E-state index in [1.54, 1.807) is 0 Å². The van der Waals surface area contributed by atoms with Gasteiger partial charge in [-0.15, -0.1) is 0 Å². The maximum Gasteiger partial charge on any atom is 0.239 e. The van der Waals surface area contributed by atoms with Crippen LogP contribution in [0.5, 0.6) is 0 Å². The van der Waals surface area contributed by atoms with Gasteiger partial charge in [0.15, 0.2) is 8.07 Å². The molecule has 0 saturated carbocycles. The van der Waals surface area contributed by atoms with Gasteiger partial charge in [0.1, 0.15) is 0 Å². The Morgan fingerprint density at radius 1 is 0.674 bits per heavy atom. The van der Waals surface area contributed by atoms with E-state index >= 15 is 0 Å². The van der Waals surface area contributed by atoms with Crippen LogP contribution in [0.25, 0.3) is 11.5 Å². The zero-order valence-corrected chi connectivity index (χ0v) is 25.8. The third kappa shape index (κ3) is 6.40.